The van der Waals surface area contributed by atoms with Crippen LogP contribution in [-0.2, 0) is 13.0 Å². The lowest BCUT2D eigenvalue weighted by molar-refractivity contribution is 0.758. The van der Waals surface area contributed by atoms with Gasteiger partial charge in [-0.2, -0.15) is 0 Å². The number of aromatic nitrogens is 3. The summed E-state index contributed by atoms with van der Waals surface area (Å²) < 4.78 is 1.97. The molecule has 0 saturated heterocycles. The van der Waals surface area contributed by atoms with Gasteiger partial charge in [-0.3, -0.25) is 9.39 Å². The number of nitrogens with one attached hydrogen (secondary N) is 2. The highest BCUT2D eigenvalue weighted by Gasteiger charge is 2.06. The Balaban J connectivity index is 0.00000225. The molecular weight excluding hydrogens is 463 g/mol. The quantitative estimate of drug-likeness (QED) is 0.258. The van der Waals surface area contributed by atoms with Crippen molar-refractivity contribution in [3.05, 3.63) is 78.2 Å². The van der Waals surface area contributed by atoms with E-state index < -0.39 is 0 Å². The maximum absolute atomic E-state index is 4.30. The van der Waals surface area contributed by atoms with Crippen molar-refractivity contribution in [2.24, 2.45) is 4.99 Å². The van der Waals surface area contributed by atoms with Gasteiger partial charge in [-0.05, 0) is 34.9 Å². The minimum atomic E-state index is 0. The van der Waals surface area contributed by atoms with Gasteiger partial charge in [0.2, 0.25) is 0 Å². The molecule has 0 spiro atoms. The number of benzene rings is 2. The van der Waals surface area contributed by atoms with E-state index in [1.165, 1.54) is 16.3 Å². The Kier molecular flexibility index (Phi) is 6.80. The molecule has 4 rings (SSSR count). The molecule has 0 aliphatic rings. The van der Waals surface area contributed by atoms with E-state index in [1.807, 2.05) is 28.8 Å². The number of hydrogen-bond donors (Lipinski definition) is 2. The molecule has 0 bridgehead atoms. The molecule has 0 aliphatic heterocycles. The summed E-state index contributed by atoms with van der Waals surface area (Å²) >= 11 is 0. The Hall–Kier alpha value is -2.68. The van der Waals surface area contributed by atoms with Crippen LogP contribution >= 0.6 is 24.0 Å². The summed E-state index contributed by atoms with van der Waals surface area (Å²) in [5, 5.41) is 17.7. The number of halogens is 1. The Bertz CT molecular complexity index is 1080. The topological polar surface area (TPSA) is 66.6 Å². The van der Waals surface area contributed by atoms with Crippen molar-refractivity contribution < 1.29 is 0 Å². The Morgan fingerprint density at radius 3 is 2.68 bits per heavy atom. The molecule has 144 valence electrons. The zero-order valence-electron chi connectivity index (χ0n) is 15.7. The van der Waals surface area contributed by atoms with Crippen LogP contribution in [0.5, 0.6) is 0 Å². The molecule has 2 heterocycles. The van der Waals surface area contributed by atoms with Crippen molar-refractivity contribution in [3.8, 4) is 0 Å². The number of rotatable bonds is 5. The molecule has 2 aromatic heterocycles. The minimum absolute atomic E-state index is 0. The summed E-state index contributed by atoms with van der Waals surface area (Å²) in [7, 11) is 1.77. The molecule has 28 heavy (non-hydrogen) atoms. The van der Waals surface area contributed by atoms with E-state index >= 15 is 0 Å². The lowest BCUT2D eigenvalue weighted by Gasteiger charge is -2.12. The maximum atomic E-state index is 4.30. The van der Waals surface area contributed by atoms with Gasteiger partial charge in [0.05, 0.1) is 6.54 Å². The average Bonchev–Trinajstić information content (AvgIpc) is 3.14. The second kappa shape index (κ2) is 9.50. The summed E-state index contributed by atoms with van der Waals surface area (Å²) in [6, 6.07) is 20.8. The molecular formula is C21H23IN6. The summed E-state index contributed by atoms with van der Waals surface area (Å²) in [5.74, 6) is 1.60. The number of nitrogens with zero attached hydrogens (tertiary/aromatic N) is 4. The largest absolute Gasteiger partial charge is 0.356 e. The van der Waals surface area contributed by atoms with Gasteiger partial charge >= 0.3 is 0 Å². The molecule has 7 heteroatoms. The second-order valence-corrected chi connectivity index (χ2v) is 6.29. The summed E-state index contributed by atoms with van der Waals surface area (Å²) in [6.45, 7) is 1.35. The van der Waals surface area contributed by atoms with Crippen LogP contribution in [0.1, 0.15) is 11.4 Å². The summed E-state index contributed by atoms with van der Waals surface area (Å²) in [6.07, 6.45) is 2.89. The third kappa shape index (κ3) is 4.41. The van der Waals surface area contributed by atoms with Gasteiger partial charge < -0.3 is 10.6 Å². The first kappa shape index (κ1) is 20.1. The standard InChI is InChI=1S/C21H22N6.HI/c1-22-21(24-15-20-26-25-19-11-4-5-14-27(19)20)23-13-12-17-9-6-8-16-7-2-3-10-18(16)17;/h2-11,14H,12-13,15H2,1H3,(H2,22,23,24);1H. The van der Waals surface area contributed by atoms with Gasteiger partial charge in [-0.25, -0.2) is 0 Å². The predicted molar refractivity (Wildman–Crippen MR) is 124 cm³/mol. The summed E-state index contributed by atoms with van der Waals surface area (Å²) in [5.41, 5.74) is 2.17. The molecule has 2 aromatic carbocycles. The molecule has 6 nitrogen and oxygen atoms in total. The highest BCUT2D eigenvalue weighted by molar-refractivity contribution is 14.0. The molecule has 0 fully saturated rings. The zero-order chi connectivity index (χ0) is 18.5. The first-order valence-corrected chi connectivity index (χ1v) is 9.05. The highest BCUT2D eigenvalue weighted by Crippen LogP contribution is 2.18. The number of pyridine rings is 1. The normalized spacial score (nSPS) is 11.4. The average molecular weight is 486 g/mol. The molecule has 0 aliphatic carbocycles. The van der Waals surface area contributed by atoms with Gasteiger partial charge in [0, 0.05) is 19.8 Å². The second-order valence-electron chi connectivity index (χ2n) is 6.29. The molecule has 2 N–H and O–H groups in total. The van der Waals surface area contributed by atoms with Crippen molar-refractivity contribution in [2.45, 2.75) is 13.0 Å². The van der Waals surface area contributed by atoms with Crippen LogP contribution in [-0.4, -0.2) is 34.2 Å². The lowest BCUT2D eigenvalue weighted by Crippen LogP contribution is -2.38. The molecule has 0 radical (unpaired) electrons. The molecule has 4 aromatic rings. The van der Waals surface area contributed by atoms with E-state index in [2.05, 4.69) is 68.3 Å². The number of aliphatic imine (C=N–C) groups is 1. The maximum Gasteiger partial charge on any atom is 0.191 e. The van der Waals surface area contributed by atoms with Crippen LogP contribution in [0.2, 0.25) is 0 Å². The smallest absolute Gasteiger partial charge is 0.191 e. The highest BCUT2D eigenvalue weighted by atomic mass is 127. The first-order chi connectivity index (χ1) is 13.3. The monoisotopic (exact) mass is 486 g/mol. The van der Waals surface area contributed by atoms with Crippen LogP contribution in [0.3, 0.4) is 0 Å². The van der Waals surface area contributed by atoms with E-state index in [4.69, 9.17) is 0 Å². The van der Waals surface area contributed by atoms with Crippen LogP contribution in [0.4, 0.5) is 0 Å². The zero-order valence-corrected chi connectivity index (χ0v) is 18.0. The fraction of sp³-hybridized carbons (Fsp3) is 0.190. The molecule has 0 unspecified atom stereocenters. The minimum Gasteiger partial charge on any atom is -0.356 e. The van der Waals surface area contributed by atoms with Crippen molar-refractivity contribution in [1.29, 1.82) is 0 Å². The third-order valence-corrected chi connectivity index (χ3v) is 4.59. The molecule has 0 saturated carbocycles. The van der Waals surface area contributed by atoms with Crippen LogP contribution in [0, 0.1) is 0 Å². The Morgan fingerprint density at radius 2 is 1.79 bits per heavy atom. The van der Waals surface area contributed by atoms with Crippen molar-refractivity contribution in [1.82, 2.24) is 25.2 Å². The van der Waals surface area contributed by atoms with Gasteiger partial charge in [0.1, 0.15) is 0 Å². The fourth-order valence-electron chi connectivity index (χ4n) is 3.22. The van der Waals surface area contributed by atoms with Crippen molar-refractivity contribution >= 4 is 46.4 Å². The van der Waals surface area contributed by atoms with E-state index in [-0.39, 0.29) is 24.0 Å². The summed E-state index contributed by atoms with van der Waals surface area (Å²) in [4.78, 5) is 4.30. The fourth-order valence-corrected chi connectivity index (χ4v) is 3.22. The van der Waals surface area contributed by atoms with Gasteiger partial charge in [0.15, 0.2) is 17.4 Å². The lowest BCUT2D eigenvalue weighted by atomic mass is 10.0. The van der Waals surface area contributed by atoms with Gasteiger partial charge in [-0.15, -0.1) is 34.2 Å². The van der Waals surface area contributed by atoms with E-state index in [0.717, 1.165) is 30.4 Å². The van der Waals surface area contributed by atoms with Crippen LogP contribution < -0.4 is 10.6 Å². The number of hydrogen-bond acceptors (Lipinski definition) is 3. The number of guanidine groups is 1. The van der Waals surface area contributed by atoms with Gasteiger partial charge in [0.25, 0.3) is 0 Å². The third-order valence-electron chi connectivity index (χ3n) is 4.59. The SMILES string of the molecule is CN=C(NCCc1cccc2ccccc12)NCc1nnc2ccccn12.I. The van der Waals surface area contributed by atoms with Crippen LogP contribution in [0.15, 0.2) is 71.9 Å². The number of fused-ring (bicyclic) bond motifs is 2. The van der Waals surface area contributed by atoms with E-state index in [9.17, 15) is 0 Å². The predicted octanol–water partition coefficient (Wildman–Crippen LogP) is 3.41. The van der Waals surface area contributed by atoms with Gasteiger partial charge in [-0.1, -0.05) is 48.5 Å². The first-order valence-electron chi connectivity index (χ1n) is 9.05. The van der Waals surface area contributed by atoms with Crippen molar-refractivity contribution in [3.63, 3.8) is 0 Å². The van der Waals surface area contributed by atoms with E-state index in [1.54, 1.807) is 7.05 Å². The molecule has 0 amide bonds. The Labute approximate surface area is 181 Å². The molecule has 0 atom stereocenters. The van der Waals surface area contributed by atoms with Crippen molar-refractivity contribution in [2.75, 3.05) is 13.6 Å². The Morgan fingerprint density at radius 1 is 0.964 bits per heavy atom. The van der Waals surface area contributed by atoms with E-state index in [0.29, 0.717) is 6.54 Å². The van der Waals surface area contributed by atoms with Crippen LogP contribution in [0.25, 0.3) is 16.4 Å².